The number of hydrogen-bond donors (Lipinski definition) is 2. The maximum absolute atomic E-state index is 11.9. The summed E-state index contributed by atoms with van der Waals surface area (Å²) < 4.78 is 16.3. The second kappa shape index (κ2) is 9.69. The number of aliphatic hydroxyl groups is 1. The summed E-state index contributed by atoms with van der Waals surface area (Å²) in [5.41, 5.74) is 1.27. The van der Waals surface area contributed by atoms with E-state index in [0.29, 0.717) is 18.8 Å². The highest BCUT2D eigenvalue weighted by Gasteiger charge is 2.46. The van der Waals surface area contributed by atoms with Crippen molar-refractivity contribution in [2.45, 2.75) is 43.5 Å². The molecule has 0 saturated carbocycles. The molecule has 4 aliphatic rings. The topological polar surface area (TPSA) is 80.3 Å². The summed E-state index contributed by atoms with van der Waals surface area (Å²) in [5, 5.41) is 10.3. The molecule has 28 heavy (non-hydrogen) atoms. The van der Waals surface area contributed by atoms with Crippen LogP contribution in [0.1, 0.15) is 31.2 Å². The zero-order valence-electron chi connectivity index (χ0n) is 16.7. The van der Waals surface area contributed by atoms with Crippen molar-refractivity contribution in [1.29, 1.82) is 0 Å². The van der Waals surface area contributed by atoms with E-state index in [9.17, 15) is 4.79 Å². The van der Waals surface area contributed by atoms with Crippen LogP contribution < -0.4 is 5.32 Å². The van der Waals surface area contributed by atoms with Gasteiger partial charge in [0.1, 0.15) is 6.61 Å². The van der Waals surface area contributed by atoms with Gasteiger partial charge >= 0.3 is 6.09 Å². The minimum Gasteiger partial charge on any atom is -0.445 e. The summed E-state index contributed by atoms with van der Waals surface area (Å²) in [6.07, 6.45) is 4.28. The smallest absolute Gasteiger partial charge is 0.410 e. The third kappa shape index (κ3) is 5.03. The molecule has 4 heterocycles. The minimum absolute atomic E-state index is 0.0498. The highest BCUT2D eigenvalue weighted by Crippen LogP contribution is 2.36. The van der Waals surface area contributed by atoms with Crippen molar-refractivity contribution in [1.82, 2.24) is 10.2 Å². The average Bonchev–Trinajstić information content (AvgIpc) is 3.36. The summed E-state index contributed by atoms with van der Waals surface area (Å²) in [6, 6.07) is 9.73. The molecule has 1 aromatic rings. The molecule has 0 radical (unpaired) electrons. The second-order valence-electron chi connectivity index (χ2n) is 7.70. The molecule has 7 nitrogen and oxygen atoms in total. The van der Waals surface area contributed by atoms with Crippen molar-refractivity contribution in [2.75, 3.05) is 46.5 Å². The van der Waals surface area contributed by atoms with Crippen LogP contribution in [-0.4, -0.2) is 73.8 Å². The number of amides is 1. The van der Waals surface area contributed by atoms with Crippen LogP contribution in [0.3, 0.4) is 0 Å². The number of benzene rings is 1. The highest BCUT2D eigenvalue weighted by atomic mass is 16.6. The number of nitrogens with one attached hydrogen (secondary N) is 1. The molecule has 0 bridgehead atoms. The maximum Gasteiger partial charge on any atom is 0.410 e. The summed E-state index contributed by atoms with van der Waals surface area (Å²) in [4.78, 5) is 13.6. The molecular formula is C21H32N2O5. The summed E-state index contributed by atoms with van der Waals surface area (Å²) >= 11 is 0. The first-order valence-electron chi connectivity index (χ1n) is 10.1. The Bertz CT molecular complexity index is 608. The van der Waals surface area contributed by atoms with Gasteiger partial charge in [0, 0.05) is 33.0 Å². The van der Waals surface area contributed by atoms with Gasteiger partial charge in [-0.15, -0.1) is 0 Å². The molecule has 2 atom stereocenters. The van der Waals surface area contributed by atoms with Crippen LogP contribution in [0.4, 0.5) is 4.79 Å². The molecule has 4 aliphatic heterocycles. The number of rotatable bonds is 2. The molecular weight excluding hydrogens is 360 g/mol. The molecule has 1 amide bonds. The predicted molar refractivity (Wildman–Crippen MR) is 105 cm³/mol. The van der Waals surface area contributed by atoms with E-state index in [1.807, 2.05) is 30.3 Å². The summed E-state index contributed by atoms with van der Waals surface area (Å²) in [5.74, 6) is 0. The first-order chi connectivity index (χ1) is 13.7. The number of carbonyl (C=O) groups excluding carboxylic acids is 1. The molecule has 0 unspecified atom stereocenters. The van der Waals surface area contributed by atoms with Gasteiger partial charge in [0.2, 0.25) is 0 Å². The zero-order chi connectivity index (χ0) is 19.9. The molecule has 4 saturated heterocycles. The lowest BCUT2D eigenvalue weighted by Crippen LogP contribution is -2.46. The number of ether oxygens (including phenoxy) is 3. The molecule has 1 aromatic carbocycles. The maximum atomic E-state index is 11.9. The van der Waals surface area contributed by atoms with Gasteiger partial charge in [0.15, 0.2) is 0 Å². The van der Waals surface area contributed by atoms with Crippen LogP contribution in [0.2, 0.25) is 0 Å². The Hall–Kier alpha value is -1.67. The SMILES string of the molecule is C1C[C@]2(CCO2)CN1.CO.O=C(OCc1ccccc1)N1CC[C@]2(CCO2)C1. The van der Waals surface area contributed by atoms with Gasteiger partial charge in [-0.1, -0.05) is 30.3 Å². The third-order valence-corrected chi connectivity index (χ3v) is 5.92. The van der Waals surface area contributed by atoms with E-state index >= 15 is 0 Å². The fourth-order valence-corrected chi connectivity index (χ4v) is 3.97. The van der Waals surface area contributed by atoms with E-state index in [2.05, 4.69) is 5.32 Å². The predicted octanol–water partition coefficient (Wildman–Crippen LogP) is 1.94. The quantitative estimate of drug-likeness (QED) is 0.801. The minimum atomic E-state index is -0.230. The highest BCUT2D eigenvalue weighted by molar-refractivity contribution is 5.68. The Morgan fingerprint density at radius 3 is 2.25 bits per heavy atom. The lowest BCUT2D eigenvalue weighted by molar-refractivity contribution is -0.136. The largest absolute Gasteiger partial charge is 0.445 e. The van der Waals surface area contributed by atoms with E-state index < -0.39 is 0 Å². The molecule has 0 aromatic heterocycles. The van der Waals surface area contributed by atoms with E-state index in [1.165, 1.54) is 12.8 Å². The standard InChI is InChI=1S/C14H17NO3.C6H11NO.CH4O/c16-13(17-10-12-4-2-1-3-5-12)15-8-6-14(11-15)7-9-18-14;1-3-7-5-6(1)2-4-8-6;1-2/h1-5H,6-11H2;7H,1-5H2;2H,1H3/t14-;6-;/m00./s1. The Morgan fingerprint density at radius 1 is 1.11 bits per heavy atom. The van der Waals surface area contributed by atoms with Gasteiger partial charge < -0.3 is 29.5 Å². The number of aliphatic hydroxyl groups excluding tert-OH is 1. The van der Waals surface area contributed by atoms with Crippen molar-refractivity contribution >= 4 is 6.09 Å². The zero-order valence-corrected chi connectivity index (χ0v) is 16.7. The van der Waals surface area contributed by atoms with Crippen LogP contribution in [0.25, 0.3) is 0 Å². The number of likely N-dealkylation sites (tertiary alicyclic amines) is 1. The number of hydrogen-bond acceptors (Lipinski definition) is 6. The van der Waals surface area contributed by atoms with Crippen LogP contribution in [0.5, 0.6) is 0 Å². The normalized spacial score (nSPS) is 29.9. The van der Waals surface area contributed by atoms with Gasteiger partial charge in [-0.2, -0.15) is 0 Å². The molecule has 156 valence electrons. The average molecular weight is 392 g/mol. The van der Waals surface area contributed by atoms with Gasteiger partial charge in [0.25, 0.3) is 0 Å². The lowest BCUT2D eigenvalue weighted by Gasteiger charge is -2.38. The first-order valence-corrected chi connectivity index (χ1v) is 10.1. The third-order valence-electron chi connectivity index (χ3n) is 5.92. The van der Waals surface area contributed by atoms with Crippen molar-refractivity contribution in [3.63, 3.8) is 0 Å². The monoisotopic (exact) mass is 392 g/mol. The number of nitrogens with zero attached hydrogens (tertiary/aromatic N) is 1. The van der Waals surface area contributed by atoms with Crippen molar-refractivity contribution in [3.8, 4) is 0 Å². The van der Waals surface area contributed by atoms with Crippen LogP contribution in [0.15, 0.2) is 30.3 Å². The summed E-state index contributed by atoms with van der Waals surface area (Å²) in [7, 11) is 1.00. The van der Waals surface area contributed by atoms with Gasteiger partial charge in [-0.05, 0) is 24.9 Å². The molecule has 4 fully saturated rings. The van der Waals surface area contributed by atoms with Crippen LogP contribution >= 0.6 is 0 Å². The fourth-order valence-electron chi connectivity index (χ4n) is 3.97. The summed E-state index contributed by atoms with van der Waals surface area (Å²) in [6.45, 7) is 5.82. The number of carbonyl (C=O) groups is 1. The van der Waals surface area contributed by atoms with Gasteiger partial charge in [0.05, 0.1) is 31.0 Å². The molecule has 0 aliphatic carbocycles. The van der Waals surface area contributed by atoms with Crippen molar-refractivity contribution in [2.24, 2.45) is 0 Å². The van der Waals surface area contributed by atoms with Gasteiger partial charge in [-0.25, -0.2) is 4.79 Å². The second-order valence-corrected chi connectivity index (χ2v) is 7.70. The van der Waals surface area contributed by atoms with E-state index in [-0.39, 0.29) is 11.7 Å². The molecule has 2 N–H and O–H groups in total. The van der Waals surface area contributed by atoms with E-state index in [4.69, 9.17) is 19.3 Å². The molecule has 5 rings (SSSR count). The Morgan fingerprint density at radius 2 is 1.79 bits per heavy atom. The van der Waals surface area contributed by atoms with Crippen LogP contribution in [-0.2, 0) is 20.8 Å². The van der Waals surface area contributed by atoms with Gasteiger partial charge in [-0.3, -0.25) is 0 Å². The van der Waals surface area contributed by atoms with Crippen molar-refractivity contribution in [3.05, 3.63) is 35.9 Å². The van der Waals surface area contributed by atoms with Crippen LogP contribution in [0, 0.1) is 0 Å². The lowest BCUT2D eigenvalue weighted by atomic mass is 9.94. The van der Waals surface area contributed by atoms with E-state index in [0.717, 1.165) is 58.4 Å². The molecule has 2 spiro atoms. The fraction of sp³-hybridized carbons (Fsp3) is 0.667. The van der Waals surface area contributed by atoms with Crippen molar-refractivity contribution < 1.29 is 24.1 Å². The van der Waals surface area contributed by atoms with E-state index in [1.54, 1.807) is 4.90 Å². The molecule has 7 heteroatoms. The first kappa shape index (κ1) is 21.0. The Labute approximate surface area is 166 Å². The Kier molecular flexibility index (Phi) is 7.29. The Balaban J connectivity index is 0.000000187.